The molecule has 1 aliphatic carbocycles. The van der Waals surface area contributed by atoms with Gasteiger partial charge in [0.15, 0.2) is 0 Å². The molecule has 0 aromatic heterocycles. The Kier molecular flexibility index (Phi) is 2.86. The van der Waals surface area contributed by atoms with E-state index < -0.39 is 0 Å². The molecule has 2 fully saturated rings. The van der Waals surface area contributed by atoms with Gasteiger partial charge in [-0.1, -0.05) is 6.07 Å². The predicted octanol–water partition coefficient (Wildman–Crippen LogP) is 2.88. The Morgan fingerprint density at radius 1 is 1.17 bits per heavy atom. The van der Waals surface area contributed by atoms with Gasteiger partial charge in [0.1, 0.15) is 0 Å². The van der Waals surface area contributed by atoms with Crippen molar-refractivity contribution in [3.63, 3.8) is 0 Å². The number of hydrogen-bond acceptors (Lipinski definition) is 2. The van der Waals surface area contributed by atoms with Crippen molar-refractivity contribution in [2.45, 2.75) is 39.7 Å². The molecule has 0 amide bonds. The van der Waals surface area contributed by atoms with Gasteiger partial charge >= 0.3 is 0 Å². The van der Waals surface area contributed by atoms with Gasteiger partial charge in [-0.3, -0.25) is 0 Å². The second kappa shape index (κ2) is 4.27. The lowest BCUT2D eigenvalue weighted by atomic mass is 10.0. The Hall–Kier alpha value is -1.02. The first kappa shape index (κ1) is 12.0. The Labute approximate surface area is 110 Å². The van der Waals surface area contributed by atoms with Gasteiger partial charge in [0, 0.05) is 36.8 Å². The summed E-state index contributed by atoms with van der Waals surface area (Å²) < 4.78 is 0. The quantitative estimate of drug-likeness (QED) is 0.817. The lowest BCUT2D eigenvalue weighted by Gasteiger charge is -2.32. The molecule has 0 bridgehead atoms. The van der Waals surface area contributed by atoms with Crippen molar-refractivity contribution >= 4 is 5.69 Å². The third kappa shape index (κ3) is 2.26. The van der Waals surface area contributed by atoms with E-state index in [9.17, 15) is 0 Å². The maximum atomic E-state index is 3.64. The minimum absolute atomic E-state index is 0.572. The number of hydrogen-bond donors (Lipinski definition) is 1. The highest BCUT2D eigenvalue weighted by Gasteiger charge is 2.45. The largest absolute Gasteiger partial charge is 0.367 e. The Morgan fingerprint density at radius 2 is 1.83 bits per heavy atom. The third-order valence-corrected chi connectivity index (χ3v) is 4.47. The summed E-state index contributed by atoms with van der Waals surface area (Å²) in [7, 11) is 0. The van der Waals surface area contributed by atoms with Crippen LogP contribution in [0.25, 0.3) is 0 Å². The molecule has 1 N–H and O–H groups in total. The first-order valence-corrected chi connectivity index (χ1v) is 7.14. The van der Waals surface area contributed by atoms with E-state index in [1.54, 1.807) is 0 Å². The molecule has 0 radical (unpaired) electrons. The molecule has 2 aliphatic rings. The SMILES string of the molecule is Cc1cc(C)cc(N2CC3(CC3)CNCC2C)c1. The van der Waals surface area contributed by atoms with Crippen molar-refractivity contribution in [2.75, 3.05) is 24.5 Å². The summed E-state index contributed by atoms with van der Waals surface area (Å²) in [6, 6.07) is 7.53. The zero-order valence-electron chi connectivity index (χ0n) is 11.8. The van der Waals surface area contributed by atoms with Gasteiger partial charge < -0.3 is 10.2 Å². The fourth-order valence-electron chi connectivity index (χ4n) is 3.20. The van der Waals surface area contributed by atoms with Gasteiger partial charge in [-0.2, -0.15) is 0 Å². The number of benzene rings is 1. The van der Waals surface area contributed by atoms with Crippen molar-refractivity contribution < 1.29 is 0 Å². The second-order valence-corrected chi connectivity index (χ2v) is 6.45. The van der Waals surface area contributed by atoms with Crippen molar-refractivity contribution in [3.8, 4) is 0 Å². The highest BCUT2D eigenvalue weighted by molar-refractivity contribution is 5.52. The smallest absolute Gasteiger partial charge is 0.0386 e. The Balaban J connectivity index is 1.91. The highest BCUT2D eigenvalue weighted by Crippen LogP contribution is 2.47. The van der Waals surface area contributed by atoms with Crippen LogP contribution in [-0.4, -0.2) is 25.7 Å². The van der Waals surface area contributed by atoms with E-state index in [-0.39, 0.29) is 0 Å². The molecule has 1 aromatic carbocycles. The molecule has 98 valence electrons. The second-order valence-electron chi connectivity index (χ2n) is 6.45. The Bertz CT molecular complexity index is 428. The summed E-state index contributed by atoms with van der Waals surface area (Å²) >= 11 is 0. The van der Waals surface area contributed by atoms with E-state index in [1.165, 1.54) is 42.7 Å². The maximum absolute atomic E-state index is 3.64. The summed E-state index contributed by atoms with van der Waals surface area (Å²) in [5, 5.41) is 3.64. The molecule has 1 aliphatic heterocycles. The van der Waals surface area contributed by atoms with Crippen molar-refractivity contribution in [1.82, 2.24) is 5.32 Å². The van der Waals surface area contributed by atoms with E-state index in [0.717, 1.165) is 6.54 Å². The number of nitrogens with zero attached hydrogens (tertiary/aromatic N) is 1. The lowest BCUT2D eigenvalue weighted by Crippen LogP contribution is -2.38. The number of anilines is 1. The number of rotatable bonds is 1. The molecule has 1 saturated heterocycles. The van der Waals surface area contributed by atoms with Crippen molar-refractivity contribution in [3.05, 3.63) is 29.3 Å². The molecule has 1 unspecified atom stereocenters. The molecular formula is C16H24N2. The van der Waals surface area contributed by atoms with Crippen LogP contribution in [0, 0.1) is 19.3 Å². The van der Waals surface area contributed by atoms with Gasteiger partial charge in [-0.25, -0.2) is 0 Å². The van der Waals surface area contributed by atoms with Crippen LogP contribution in [0.5, 0.6) is 0 Å². The van der Waals surface area contributed by atoms with E-state index in [2.05, 4.69) is 49.2 Å². The summed E-state index contributed by atoms with van der Waals surface area (Å²) in [6.07, 6.45) is 2.79. The molecule has 1 atom stereocenters. The summed E-state index contributed by atoms with van der Waals surface area (Å²) in [5.74, 6) is 0. The van der Waals surface area contributed by atoms with Gasteiger partial charge in [0.2, 0.25) is 0 Å². The van der Waals surface area contributed by atoms with Crippen LogP contribution >= 0.6 is 0 Å². The topological polar surface area (TPSA) is 15.3 Å². The monoisotopic (exact) mass is 244 g/mol. The minimum Gasteiger partial charge on any atom is -0.367 e. The number of nitrogens with one attached hydrogen (secondary N) is 1. The Morgan fingerprint density at radius 3 is 2.44 bits per heavy atom. The van der Waals surface area contributed by atoms with E-state index in [1.807, 2.05) is 0 Å². The van der Waals surface area contributed by atoms with Crippen LogP contribution in [-0.2, 0) is 0 Å². The van der Waals surface area contributed by atoms with Gasteiger partial charge in [0.25, 0.3) is 0 Å². The van der Waals surface area contributed by atoms with Crippen LogP contribution in [0.4, 0.5) is 5.69 Å². The molecule has 18 heavy (non-hydrogen) atoms. The zero-order valence-corrected chi connectivity index (χ0v) is 11.8. The van der Waals surface area contributed by atoms with Crippen LogP contribution in [0.1, 0.15) is 30.9 Å². The highest BCUT2D eigenvalue weighted by atomic mass is 15.2. The van der Waals surface area contributed by atoms with E-state index in [4.69, 9.17) is 0 Å². The molecule has 1 saturated carbocycles. The first-order chi connectivity index (χ1) is 8.58. The van der Waals surface area contributed by atoms with Crippen LogP contribution in [0.3, 0.4) is 0 Å². The minimum atomic E-state index is 0.572. The van der Waals surface area contributed by atoms with E-state index >= 15 is 0 Å². The molecule has 2 nitrogen and oxygen atoms in total. The summed E-state index contributed by atoms with van der Waals surface area (Å²) in [5.41, 5.74) is 4.73. The summed E-state index contributed by atoms with van der Waals surface area (Å²) in [4.78, 5) is 2.62. The molecular weight excluding hydrogens is 220 g/mol. The third-order valence-electron chi connectivity index (χ3n) is 4.47. The fraction of sp³-hybridized carbons (Fsp3) is 0.625. The van der Waals surface area contributed by atoms with Crippen molar-refractivity contribution in [2.24, 2.45) is 5.41 Å². The summed E-state index contributed by atoms with van der Waals surface area (Å²) in [6.45, 7) is 10.3. The van der Waals surface area contributed by atoms with Crippen molar-refractivity contribution in [1.29, 1.82) is 0 Å². The van der Waals surface area contributed by atoms with Gasteiger partial charge in [-0.15, -0.1) is 0 Å². The molecule has 1 heterocycles. The zero-order chi connectivity index (χ0) is 12.8. The average Bonchev–Trinajstić information content (AvgIpc) is 3.06. The van der Waals surface area contributed by atoms with Crippen LogP contribution in [0.15, 0.2) is 18.2 Å². The molecule has 3 rings (SSSR count). The van der Waals surface area contributed by atoms with Gasteiger partial charge in [-0.05, 0) is 56.9 Å². The molecule has 1 spiro atoms. The molecule has 1 aromatic rings. The fourth-order valence-corrected chi connectivity index (χ4v) is 3.20. The predicted molar refractivity (Wildman–Crippen MR) is 77.3 cm³/mol. The normalized spacial score (nSPS) is 26.2. The number of aryl methyl sites for hydroxylation is 2. The molecule has 2 heteroatoms. The average molecular weight is 244 g/mol. The first-order valence-electron chi connectivity index (χ1n) is 7.14. The van der Waals surface area contributed by atoms with Gasteiger partial charge in [0.05, 0.1) is 0 Å². The standard InChI is InChI=1S/C16H24N2/c1-12-6-13(2)8-15(7-12)18-11-16(4-5-16)10-17-9-14(18)3/h6-8,14,17H,4-5,9-11H2,1-3H3. The van der Waals surface area contributed by atoms with E-state index in [0.29, 0.717) is 11.5 Å². The van der Waals surface area contributed by atoms with Crippen LogP contribution in [0.2, 0.25) is 0 Å². The lowest BCUT2D eigenvalue weighted by molar-refractivity contribution is 0.500. The maximum Gasteiger partial charge on any atom is 0.0386 e. The van der Waals surface area contributed by atoms with Crippen LogP contribution < -0.4 is 10.2 Å².